The standard InChI is InChI=1S/C20H16ClN5OS/c21-17-4-2-1-3-13(17)8-20(27)25-15-7-14-11-24-19(26-6-5-23-12-26)10-16(14)18(9-15)28-22/h1-7,9-12H,8,22H2,(H,25,27). The van der Waals surface area contributed by atoms with Crippen molar-refractivity contribution < 1.29 is 4.79 Å². The highest BCUT2D eigenvalue weighted by Crippen LogP contribution is 2.30. The molecule has 2 aromatic carbocycles. The second kappa shape index (κ2) is 8.02. The molecular weight excluding hydrogens is 394 g/mol. The number of nitrogens with one attached hydrogen (secondary N) is 1. The smallest absolute Gasteiger partial charge is 0.228 e. The molecular formula is C20H16ClN5OS. The van der Waals surface area contributed by atoms with E-state index in [0.29, 0.717) is 10.7 Å². The molecule has 8 heteroatoms. The van der Waals surface area contributed by atoms with Crippen LogP contribution in [0.4, 0.5) is 5.69 Å². The predicted molar refractivity (Wildman–Crippen MR) is 113 cm³/mol. The lowest BCUT2D eigenvalue weighted by Crippen LogP contribution is -2.14. The van der Waals surface area contributed by atoms with Crippen molar-refractivity contribution in [2.75, 3.05) is 5.32 Å². The van der Waals surface area contributed by atoms with Gasteiger partial charge < -0.3 is 5.32 Å². The zero-order valence-corrected chi connectivity index (χ0v) is 16.2. The van der Waals surface area contributed by atoms with Gasteiger partial charge in [-0.1, -0.05) is 29.8 Å². The quantitative estimate of drug-likeness (QED) is 0.482. The molecule has 0 atom stereocenters. The first-order valence-corrected chi connectivity index (χ1v) is 9.72. The molecule has 0 spiro atoms. The van der Waals surface area contributed by atoms with Crippen LogP contribution in [0.15, 0.2) is 72.3 Å². The minimum atomic E-state index is -0.150. The molecule has 6 nitrogen and oxygen atoms in total. The topological polar surface area (TPSA) is 85.8 Å². The van der Waals surface area contributed by atoms with Gasteiger partial charge in [0.1, 0.15) is 12.1 Å². The summed E-state index contributed by atoms with van der Waals surface area (Å²) in [6.45, 7) is 0. The van der Waals surface area contributed by atoms with Gasteiger partial charge in [-0.3, -0.25) is 14.5 Å². The number of imidazole rings is 1. The number of amides is 1. The number of hydrogen-bond donors (Lipinski definition) is 2. The predicted octanol–water partition coefficient (Wildman–Crippen LogP) is 4.22. The Morgan fingerprint density at radius 3 is 2.86 bits per heavy atom. The van der Waals surface area contributed by atoms with Crippen molar-refractivity contribution in [3.63, 3.8) is 0 Å². The van der Waals surface area contributed by atoms with Crippen LogP contribution in [-0.2, 0) is 11.2 Å². The monoisotopic (exact) mass is 409 g/mol. The van der Waals surface area contributed by atoms with Gasteiger partial charge >= 0.3 is 0 Å². The molecule has 0 unspecified atom stereocenters. The summed E-state index contributed by atoms with van der Waals surface area (Å²) in [6.07, 6.45) is 7.16. The maximum absolute atomic E-state index is 12.4. The summed E-state index contributed by atoms with van der Waals surface area (Å²) in [4.78, 5) is 21.8. The number of fused-ring (bicyclic) bond motifs is 1. The molecule has 3 N–H and O–H groups in total. The molecule has 0 saturated heterocycles. The summed E-state index contributed by atoms with van der Waals surface area (Å²) in [5.74, 6) is 0.597. The van der Waals surface area contributed by atoms with E-state index in [4.69, 9.17) is 16.7 Å². The normalized spacial score (nSPS) is 10.9. The minimum Gasteiger partial charge on any atom is -0.326 e. The van der Waals surface area contributed by atoms with Gasteiger partial charge in [0.05, 0.1) is 6.42 Å². The lowest BCUT2D eigenvalue weighted by Gasteiger charge is -2.11. The Morgan fingerprint density at radius 1 is 1.25 bits per heavy atom. The van der Waals surface area contributed by atoms with Crippen molar-refractivity contribution in [2.24, 2.45) is 5.14 Å². The van der Waals surface area contributed by atoms with E-state index in [1.165, 1.54) is 0 Å². The molecule has 0 radical (unpaired) electrons. The molecule has 1 amide bonds. The van der Waals surface area contributed by atoms with Gasteiger partial charge in [0.15, 0.2) is 0 Å². The summed E-state index contributed by atoms with van der Waals surface area (Å²) < 4.78 is 1.82. The van der Waals surface area contributed by atoms with Gasteiger partial charge in [-0.15, -0.1) is 0 Å². The summed E-state index contributed by atoms with van der Waals surface area (Å²) >= 11 is 7.27. The molecule has 28 heavy (non-hydrogen) atoms. The molecule has 0 aliphatic rings. The number of halogens is 1. The first-order valence-electron chi connectivity index (χ1n) is 8.46. The van der Waals surface area contributed by atoms with Crippen LogP contribution in [-0.4, -0.2) is 20.4 Å². The summed E-state index contributed by atoms with van der Waals surface area (Å²) in [6, 6.07) is 13.0. The van der Waals surface area contributed by atoms with E-state index in [1.807, 2.05) is 47.2 Å². The minimum absolute atomic E-state index is 0.150. The summed E-state index contributed by atoms with van der Waals surface area (Å²) in [7, 11) is 0. The SMILES string of the molecule is NSc1cc(NC(=O)Cc2ccccc2Cl)cc2cnc(-n3ccnc3)cc12. The summed E-state index contributed by atoms with van der Waals surface area (Å²) in [5.41, 5.74) is 1.44. The number of carbonyl (C=O) groups is 1. The zero-order chi connectivity index (χ0) is 19.5. The number of anilines is 1. The molecule has 2 heterocycles. The fourth-order valence-corrected chi connectivity index (χ4v) is 3.64. The number of aromatic nitrogens is 3. The number of rotatable bonds is 5. The zero-order valence-electron chi connectivity index (χ0n) is 14.7. The van der Waals surface area contributed by atoms with Crippen LogP contribution < -0.4 is 10.5 Å². The third kappa shape index (κ3) is 3.87. The second-order valence-corrected chi connectivity index (χ2v) is 7.22. The number of hydrogen-bond acceptors (Lipinski definition) is 5. The molecule has 4 rings (SSSR count). The average molecular weight is 410 g/mol. The van der Waals surface area contributed by atoms with Crippen LogP contribution in [0.2, 0.25) is 5.02 Å². The maximum Gasteiger partial charge on any atom is 0.228 e. The van der Waals surface area contributed by atoms with E-state index in [-0.39, 0.29) is 12.3 Å². The molecule has 0 bridgehead atoms. The lowest BCUT2D eigenvalue weighted by molar-refractivity contribution is -0.115. The Bertz CT molecular complexity index is 1150. The van der Waals surface area contributed by atoms with E-state index in [1.54, 1.807) is 24.8 Å². The van der Waals surface area contributed by atoms with Gasteiger partial charge in [-0.25, -0.2) is 9.97 Å². The molecule has 0 aliphatic heterocycles. The van der Waals surface area contributed by atoms with Gasteiger partial charge in [-0.05, 0) is 41.8 Å². The Labute approximate surface area is 170 Å². The first-order chi connectivity index (χ1) is 13.6. The molecule has 0 fully saturated rings. The van der Waals surface area contributed by atoms with E-state index < -0.39 is 0 Å². The second-order valence-electron chi connectivity index (χ2n) is 6.14. The van der Waals surface area contributed by atoms with Crippen molar-refractivity contribution in [3.05, 3.63) is 78.0 Å². The van der Waals surface area contributed by atoms with Crippen LogP contribution in [0.1, 0.15) is 5.56 Å². The van der Waals surface area contributed by atoms with Crippen molar-refractivity contribution in [3.8, 4) is 5.82 Å². The van der Waals surface area contributed by atoms with E-state index in [2.05, 4.69) is 15.3 Å². The van der Waals surface area contributed by atoms with Crippen molar-refractivity contribution in [2.45, 2.75) is 11.3 Å². The third-order valence-corrected chi connectivity index (χ3v) is 5.23. The van der Waals surface area contributed by atoms with Crippen LogP contribution in [0.5, 0.6) is 0 Å². The van der Waals surface area contributed by atoms with E-state index in [9.17, 15) is 4.79 Å². The van der Waals surface area contributed by atoms with Crippen LogP contribution in [0.25, 0.3) is 16.6 Å². The summed E-state index contributed by atoms with van der Waals surface area (Å²) in [5, 5.41) is 11.2. The highest BCUT2D eigenvalue weighted by molar-refractivity contribution is 7.97. The number of benzene rings is 2. The Balaban J connectivity index is 1.62. The van der Waals surface area contributed by atoms with Gasteiger partial charge in [0, 0.05) is 45.0 Å². The fraction of sp³-hybridized carbons (Fsp3) is 0.0500. The Morgan fingerprint density at radius 2 is 2.11 bits per heavy atom. The highest BCUT2D eigenvalue weighted by atomic mass is 35.5. The van der Waals surface area contributed by atoms with Crippen molar-refractivity contribution >= 4 is 45.9 Å². The first kappa shape index (κ1) is 18.5. The molecule has 2 aromatic heterocycles. The molecule has 4 aromatic rings. The lowest BCUT2D eigenvalue weighted by atomic mass is 10.1. The number of nitrogens with two attached hydrogens (primary N) is 1. The molecule has 140 valence electrons. The number of pyridine rings is 1. The van der Waals surface area contributed by atoms with Crippen LogP contribution >= 0.6 is 23.5 Å². The van der Waals surface area contributed by atoms with Gasteiger partial charge in [-0.2, -0.15) is 0 Å². The average Bonchev–Trinajstić information content (AvgIpc) is 3.23. The van der Waals surface area contributed by atoms with Crippen molar-refractivity contribution in [1.29, 1.82) is 0 Å². The molecule has 0 saturated carbocycles. The Hall–Kier alpha value is -2.87. The van der Waals surface area contributed by atoms with Gasteiger partial charge in [0.25, 0.3) is 0 Å². The number of nitrogens with zero attached hydrogens (tertiary/aromatic N) is 3. The van der Waals surface area contributed by atoms with Crippen LogP contribution in [0, 0.1) is 0 Å². The van der Waals surface area contributed by atoms with Crippen molar-refractivity contribution in [1.82, 2.24) is 14.5 Å². The third-order valence-electron chi connectivity index (χ3n) is 4.27. The van der Waals surface area contributed by atoms with E-state index >= 15 is 0 Å². The Kier molecular flexibility index (Phi) is 5.29. The molecule has 0 aliphatic carbocycles. The number of carbonyl (C=O) groups excluding carboxylic acids is 1. The van der Waals surface area contributed by atoms with E-state index in [0.717, 1.165) is 39.0 Å². The van der Waals surface area contributed by atoms with Crippen LogP contribution in [0.3, 0.4) is 0 Å². The largest absolute Gasteiger partial charge is 0.326 e. The van der Waals surface area contributed by atoms with Gasteiger partial charge in [0.2, 0.25) is 5.91 Å². The maximum atomic E-state index is 12.4. The fourth-order valence-electron chi connectivity index (χ4n) is 2.94. The highest BCUT2D eigenvalue weighted by Gasteiger charge is 2.11.